The standard InChI is InChI=1S/C21H20N4O4/c1-3-25-20(27)18(23-16-10-7-11-22-12-16)17(14(2)26)19(24-25)21(28)29-13-15-8-5-4-6-9-15/h4-12,23H,3,13H2,1-2H3. The zero-order valence-corrected chi connectivity index (χ0v) is 16.1. The van der Waals surface area contributed by atoms with Gasteiger partial charge in [0.05, 0.1) is 17.4 Å². The van der Waals surface area contributed by atoms with E-state index in [-0.39, 0.29) is 30.1 Å². The molecule has 0 spiro atoms. The monoisotopic (exact) mass is 392 g/mol. The van der Waals surface area contributed by atoms with E-state index >= 15 is 0 Å². The number of hydrogen-bond donors (Lipinski definition) is 1. The van der Waals surface area contributed by atoms with Gasteiger partial charge in [-0.15, -0.1) is 0 Å². The van der Waals surface area contributed by atoms with E-state index in [1.807, 2.05) is 30.3 Å². The van der Waals surface area contributed by atoms with E-state index in [0.29, 0.717) is 5.69 Å². The van der Waals surface area contributed by atoms with Crippen molar-refractivity contribution in [3.8, 4) is 0 Å². The number of carbonyl (C=O) groups excluding carboxylic acids is 2. The number of carbonyl (C=O) groups is 2. The van der Waals surface area contributed by atoms with Crippen molar-refractivity contribution in [1.29, 1.82) is 0 Å². The van der Waals surface area contributed by atoms with Crippen molar-refractivity contribution in [3.05, 3.63) is 82.0 Å². The molecule has 0 atom stereocenters. The summed E-state index contributed by atoms with van der Waals surface area (Å²) < 4.78 is 6.46. The first kappa shape index (κ1) is 19.9. The third-order valence-electron chi connectivity index (χ3n) is 4.14. The number of esters is 1. The molecule has 2 aromatic heterocycles. The van der Waals surface area contributed by atoms with Crippen molar-refractivity contribution in [2.24, 2.45) is 0 Å². The maximum atomic E-state index is 12.8. The summed E-state index contributed by atoms with van der Waals surface area (Å²) in [7, 11) is 0. The van der Waals surface area contributed by atoms with Gasteiger partial charge >= 0.3 is 5.97 Å². The molecule has 8 nitrogen and oxygen atoms in total. The maximum Gasteiger partial charge on any atom is 0.359 e. The summed E-state index contributed by atoms with van der Waals surface area (Å²) >= 11 is 0. The van der Waals surface area contributed by atoms with Gasteiger partial charge in [-0.25, -0.2) is 9.48 Å². The Morgan fingerprint density at radius 2 is 1.90 bits per heavy atom. The van der Waals surface area contributed by atoms with Gasteiger partial charge in [0, 0.05) is 12.7 Å². The molecule has 0 aliphatic carbocycles. The highest BCUT2D eigenvalue weighted by molar-refractivity contribution is 6.08. The van der Waals surface area contributed by atoms with Gasteiger partial charge in [0.1, 0.15) is 12.3 Å². The molecule has 0 aliphatic heterocycles. The van der Waals surface area contributed by atoms with Crippen LogP contribution >= 0.6 is 0 Å². The first-order valence-electron chi connectivity index (χ1n) is 9.05. The van der Waals surface area contributed by atoms with Gasteiger partial charge in [0.25, 0.3) is 5.56 Å². The predicted octanol–water partition coefficient (Wildman–Crippen LogP) is 2.96. The summed E-state index contributed by atoms with van der Waals surface area (Å²) in [5.74, 6) is -1.26. The summed E-state index contributed by atoms with van der Waals surface area (Å²) in [5, 5.41) is 6.98. The fraction of sp³-hybridized carbons (Fsp3) is 0.190. The van der Waals surface area contributed by atoms with Gasteiger partial charge in [-0.05, 0) is 31.5 Å². The summed E-state index contributed by atoms with van der Waals surface area (Å²) in [4.78, 5) is 41.9. The Morgan fingerprint density at radius 3 is 2.52 bits per heavy atom. The Balaban J connectivity index is 2.03. The smallest absolute Gasteiger partial charge is 0.359 e. The molecule has 0 fully saturated rings. The number of aromatic nitrogens is 3. The third kappa shape index (κ3) is 4.55. The van der Waals surface area contributed by atoms with E-state index in [1.54, 1.807) is 25.3 Å². The van der Waals surface area contributed by atoms with E-state index in [2.05, 4.69) is 15.4 Å². The minimum atomic E-state index is -0.782. The molecular formula is C21H20N4O4. The van der Waals surface area contributed by atoms with E-state index in [4.69, 9.17) is 4.74 Å². The molecule has 0 amide bonds. The number of pyridine rings is 1. The highest BCUT2D eigenvalue weighted by Crippen LogP contribution is 2.21. The van der Waals surface area contributed by atoms with Crippen molar-refractivity contribution >= 4 is 23.1 Å². The number of hydrogen-bond acceptors (Lipinski definition) is 7. The van der Waals surface area contributed by atoms with Gasteiger partial charge < -0.3 is 10.1 Å². The minimum Gasteiger partial charge on any atom is -0.456 e. The lowest BCUT2D eigenvalue weighted by molar-refractivity contribution is 0.0459. The molecule has 0 unspecified atom stereocenters. The molecule has 0 radical (unpaired) electrons. The van der Waals surface area contributed by atoms with Crippen molar-refractivity contribution in [2.75, 3.05) is 5.32 Å². The molecule has 8 heteroatoms. The lowest BCUT2D eigenvalue weighted by Crippen LogP contribution is -2.31. The van der Waals surface area contributed by atoms with Crippen LogP contribution in [0.3, 0.4) is 0 Å². The largest absolute Gasteiger partial charge is 0.456 e. The van der Waals surface area contributed by atoms with E-state index in [9.17, 15) is 14.4 Å². The molecule has 29 heavy (non-hydrogen) atoms. The molecule has 0 saturated carbocycles. The number of rotatable bonds is 7. The Morgan fingerprint density at radius 1 is 1.14 bits per heavy atom. The first-order valence-corrected chi connectivity index (χ1v) is 9.05. The zero-order valence-electron chi connectivity index (χ0n) is 16.1. The predicted molar refractivity (Wildman–Crippen MR) is 107 cm³/mol. The van der Waals surface area contributed by atoms with Gasteiger partial charge in [-0.1, -0.05) is 30.3 Å². The van der Waals surface area contributed by atoms with Crippen LogP contribution in [0.2, 0.25) is 0 Å². The van der Waals surface area contributed by atoms with E-state index < -0.39 is 17.3 Å². The SMILES string of the molecule is CCn1nc(C(=O)OCc2ccccc2)c(C(C)=O)c(Nc2cccnc2)c1=O. The second-order valence-electron chi connectivity index (χ2n) is 6.20. The number of Topliss-reactive ketones (excluding diaryl/α,β-unsaturated/α-hetero) is 1. The van der Waals surface area contributed by atoms with Crippen molar-refractivity contribution < 1.29 is 14.3 Å². The number of aryl methyl sites for hydroxylation is 1. The summed E-state index contributed by atoms with van der Waals surface area (Å²) in [6, 6.07) is 12.5. The van der Waals surface area contributed by atoms with Crippen LogP contribution in [0.1, 0.15) is 40.3 Å². The normalized spacial score (nSPS) is 10.4. The quantitative estimate of drug-likeness (QED) is 0.487. The molecule has 0 saturated heterocycles. The number of nitrogens with zero attached hydrogens (tertiary/aromatic N) is 3. The van der Waals surface area contributed by atoms with Crippen LogP contribution in [-0.4, -0.2) is 26.5 Å². The minimum absolute atomic E-state index is 0.0231. The van der Waals surface area contributed by atoms with Crippen LogP contribution in [0.25, 0.3) is 0 Å². The highest BCUT2D eigenvalue weighted by Gasteiger charge is 2.26. The Kier molecular flexibility index (Phi) is 6.13. The summed E-state index contributed by atoms with van der Waals surface area (Å²) in [6.07, 6.45) is 3.09. The lowest BCUT2D eigenvalue weighted by atomic mass is 10.1. The topological polar surface area (TPSA) is 103 Å². The molecule has 148 valence electrons. The van der Waals surface area contributed by atoms with E-state index in [1.165, 1.54) is 13.1 Å². The molecule has 0 aliphatic rings. The Labute approximate surface area is 167 Å². The van der Waals surface area contributed by atoms with Crippen LogP contribution < -0.4 is 10.9 Å². The Bertz CT molecular complexity index is 1080. The van der Waals surface area contributed by atoms with Gasteiger partial charge in [0.2, 0.25) is 0 Å². The van der Waals surface area contributed by atoms with Crippen LogP contribution in [-0.2, 0) is 17.9 Å². The molecule has 1 N–H and O–H groups in total. The van der Waals surface area contributed by atoms with Gasteiger partial charge in [0.15, 0.2) is 11.5 Å². The number of benzene rings is 1. The molecular weight excluding hydrogens is 372 g/mol. The fourth-order valence-electron chi connectivity index (χ4n) is 2.76. The van der Waals surface area contributed by atoms with Gasteiger partial charge in [-0.3, -0.25) is 14.6 Å². The molecule has 3 aromatic rings. The molecule has 3 rings (SSSR count). The number of ketones is 1. The van der Waals surface area contributed by atoms with E-state index in [0.717, 1.165) is 10.2 Å². The summed E-state index contributed by atoms with van der Waals surface area (Å²) in [6.45, 7) is 3.23. The molecule has 2 heterocycles. The first-order chi connectivity index (χ1) is 14.0. The number of nitrogens with one attached hydrogen (secondary N) is 1. The average molecular weight is 392 g/mol. The van der Waals surface area contributed by atoms with Crippen LogP contribution in [0.15, 0.2) is 59.7 Å². The lowest BCUT2D eigenvalue weighted by Gasteiger charge is -2.15. The van der Waals surface area contributed by atoms with Crippen LogP contribution in [0.5, 0.6) is 0 Å². The average Bonchev–Trinajstić information content (AvgIpc) is 2.74. The maximum absolute atomic E-state index is 12.8. The highest BCUT2D eigenvalue weighted by atomic mass is 16.5. The van der Waals surface area contributed by atoms with Crippen molar-refractivity contribution in [2.45, 2.75) is 27.0 Å². The number of ether oxygens (including phenoxy) is 1. The fourth-order valence-corrected chi connectivity index (χ4v) is 2.76. The third-order valence-corrected chi connectivity index (χ3v) is 4.14. The van der Waals surface area contributed by atoms with Crippen LogP contribution in [0.4, 0.5) is 11.4 Å². The zero-order chi connectivity index (χ0) is 20.8. The van der Waals surface area contributed by atoms with Crippen LogP contribution in [0, 0.1) is 0 Å². The number of anilines is 2. The Hall–Kier alpha value is -3.81. The second kappa shape index (κ2) is 8.92. The summed E-state index contributed by atoms with van der Waals surface area (Å²) in [5.41, 5.74) is 0.436. The molecule has 1 aromatic carbocycles. The van der Waals surface area contributed by atoms with Gasteiger partial charge in [-0.2, -0.15) is 5.10 Å². The van der Waals surface area contributed by atoms with Crippen molar-refractivity contribution in [1.82, 2.24) is 14.8 Å². The second-order valence-corrected chi connectivity index (χ2v) is 6.20. The van der Waals surface area contributed by atoms with Crippen molar-refractivity contribution in [3.63, 3.8) is 0 Å². The molecule has 0 bridgehead atoms.